The van der Waals surface area contributed by atoms with Crippen LogP contribution in [0.2, 0.25) is 0 Å². The first-order chi connectivity index (χ1) is 19.5. The molecular formula is C34H24FNO4. The van der Waals surface area contributed by atoms with Crippen molar-refractivity contribution in [3.63, 3.8) is 0 Å². The number of carbonyl (C=O) groups excluding carboxylic acids is 3. The molecule has 4 aromatic rings. The van der Waals surface area contributed by atoms with Gasteiger partial charge in [-0.2, -0.15) is 0 Å². The number of Topliss-reactive ketones (excluding diaryl/α,β-unsaturated/α-hetero) is 3. The number of hydrogen-bond donors (Lipinski definition) is 0. The number of carbonyl (C=O) groups is 3. The normalized spacial score (nSPS) is 21.8. The van der Waals surface area contributed by atoms with Crippen molar-refractivity contribution in [3.05, 3.63) is 137 Å². The standard InChI is InChI=1S/C34H24FNO4/c1-40-22-17-14-21(15-18-22)29-30(31(37)25-11-5-6-12-26(25)35)36-27-13-7-2-8-20(27)16-19-28(36)34(29)32(38)23-9-3-4-10-24(23)33(34)39/h2-19,28-30H,1H3/t28-,29-,30+/m0/s1. The number of hydrogen-bond acceptors (Lipinski definition) is 5. The van der Waals surface area contributed by atoms with E-state index in [9.17, 15) is 14.4 Å². The minimum Gasteiger partial charge on any atom is -0.497 e. The minimum absolute atomic E-state index is 0.0794. The van der Waals surface area contributed by atoms with Crippen LogP contribution in [-0.2, 0) is 0 Å². The lowest BCUT2D eigenvalue weighted by Gasteiger charge is -2.37. The molecule has 2 aliphatic heterocycles. The Kier molecular flexibility index (Phi) is 5.36. The zero-order valence-electron chi connectivity index (χ0n) is 21.6. The summed E-state index contributed by atoms with van der Waals surface area (Å²) in [5.74, 6) is -2.08. The summed E-state index contributed by atoms with van der Waals surface area (Å²) in [4.78, 5) is 45.6. The highest BCUT2D eigenvalue weighted by molar-refractivity contribution is 6.32. The largest absolute Gasteiger partial charge is 0.497 e. The first kappa shape index (κ1) is 24.2. The smallest absolute Gasteiger partial charge is 0.188 e. The van der Waals surface area contributed by atoms with Crippen LogP contribution in [0.3, 0.4) is 0 Å². The molecule has 0 unspecified atom stereocenters. The fourth-order valence-corrected chi connectivity index (χ4v) is 6.92. The molecular weight excluding hydrogens is 505 g/mol. The van der Waals surface area contributed by atoms with Gasteiger partial charge in [0.2, 0.25) is 0 Å². The van der Waals surface area contributed by atoms with Crippen molar-refractivity contribution >= 4 is 29.1 Å². The van der Waals surface area contributed by atoms with Crippen molar-refractivity contribution in [1.82, 2.24) is 0 Å². The van der Waals surface area contributed by atoms with Gasteiger partial charge in [-0.15, -0.1) is 0 Å². The van der Waals surface area contributed by atoms with Crippen LogP contribution < -0.4 is 9.64 Å². The Morgan fingerprint density at radius 1 is 0.825 bits per heavy atom. The zero-order valence-corrected chi connectivity index (χ0v) is 21.6. The molecule has 0 N–H and O–H groups in total. The maximum atomic E-state index is 15.2. The second-order valence-electron chi connectivity index (χ2n) is 10.4. The fourth-order valence-electron chi connectivity index (χ4n) is 6.92. The van der Waals surface area contributed by atoms with E-state index in [1.165, 1.54) is 18.2 Å². The van der Waals surface area contributed by atoms with Crippen molar-refractivity contribution in [2.75, 3.05) is 12.0 Å². The third-order valence-corrected chi connectivity index (χ3v) is 8.60. The molecule has 0 bridgehead atoms. The van der Waals surface area contributed by atoms with Crippen molar-refractivity contribution in [1.29, 1.82) is 0 Å². The van der Waals surface area contributed by atoms with Gasteiger partial charge in [-0.1, -0.05) is 78.9 Å². The summed E-state index contributed by atoms with van der Waals surface area (Å²) in [6.45, 7) is 0. The van der Waals surface area contributed by atoms with Crippen LogP contribution in [0.25, 0.3) is 6.08 Å². The molecule has 4 aromatic carbocycles. The monoisotopic (exact) mass is 529 g/mol. The van der Waals surface area contributed by atoms with Crippen molar-refractivity contribution in [3.8, 4) is 5.75 Å². The van der Waals surface area contributed by atoms with Gasteiger partial charge in [0, 0.05) is 22.7 Å². The minimum atomic E-state index is -1.63. The van der Waals surface area contributed by atoms with Crippen LogP contribution in [-0.4, -0.2) is 36.5 Å². The highest BCUT2D eigenvalue weighted by atomic mass is 19.1. The van der Waals surface area contributed by atoms with Gasteiger partial charge in [-0.05, 0) is 41.5 Å². The predicted molar refractivity (Wildman–Crippen MR) is 150 cm³/mol. The number of rotatable bonds is 4. The Morgan fingerprint density at radius 3 is 2.12 bits per heavy atom. The molecule has 3 atom stereocenters. The lowest BCUT2D eigenvalue weighted by Crippen LogP contribution is -2.48. The Balaban J connectivity index is 1.55. The van der Waals surface area contributed by atoms with Crippen LogP contribution in [0.15, 0.2) is 103 Å². The number of anilines is 1. The number of methoxy groups -OCH3 is 1. The summed E-state index contributed by atoms with van der Waals surface area (Å²) in [5.41, 5.74) is 1.18. The lowest BCUT2D eigenvalue weighted by atomic mass is 9.64. The Labute approximate surface area is 230 Å². The highest BCUT2D eigenvalue weighted by Gasteiger charge is 2.71. The van der Waals surface area contributed by atoms with Crippen molar-refractivity contribution in [2.45, 2.75) is 18.0 Å². The first-order valence-electron chi connectivity index (χ1n) is 13.2. The van der Waals surface area contributed by atoms with E-state index in [4.69, 9.17) is 4.74 Å². The summed E-state index contributed by atoms with van der Waals surface area (Å²) >= 11 is 0. The van der Waals surface area contributed by atoms with Gasteiger partial charge in [-0.3, -0.25) is 14.4 Å². The zero-order chi connectivity index (χ0) is 27.6. The van der Waals surface area contributed by atoms with Gasteiger partial charge >= 0.3 is 0 Å². The van der Waals surface area contributed by atoms with Gasteiger partial charge in [-0.25, -0.2) is 4.39 Å². The molecule has 1 fully saturated rings. The van der Waals surface area contributed by atoms with E-state index in [-0.39, 0.29) is 17.1 Å². The van der Waals surface area contributed by atoms with E-state index in [1.54, 1.807) is 61.7 Å². The molecule has 7 rings (SSSR count). The number of nitrogens with zero attached hydrogens (tertiary/aromatic N) is 1. The van der Waals surface area contributed by atoms with E-state index in [1.807, 2.05) is 41.3 Å². The second-order valence-corrected chi connectivity index (χ2v) is 10.4. The Bertz CT molecular complexity index is 1710. The molecule has 1 spiro atoms. The number of fused-ring (bicyclic) bond motifs is 5. The second kappa shape index (κ2) is 8.85. The molecule has 0 amide bonds. The first-order valence-corrected chi connectivity index (χ1v) is 13.2. The number of halogens is 1. The van der Waals surface area contributed by atoms with Crippen LogP contribution in [0, 0.1) is 11.2 Å². The van der Waals surface area contributed by atoms with E-state index >= 15 is 4.39 Å². The molecule has 196 valence electrons. The topological polar surface area (TPSA) is 63.7 Å². The number of ketones is 3. The fraction of sp³-hybridized carbons (Fsp3) is 0.147. The maximum Gasteiger partial charge on any atom is 0.188 e. The predicted octanol–water partition coefficient (Wildman–Crippen LogP) is 6.15. The third-order valence-electron chi connectivity index (χ3n) is 8.60. The van der Waals surface area contributed by atoms with E-state index < -0.39 is 35.0 Å². The summed E-state index contributed by atoms with van der Waals surface area (Å²) in [6.07, 6.45) is 3.76. The highest BCUT2D eigenvalue weighted by Crippen LogP contribution is 2.61. The van der Waals surface area contributed by atoms with Crippen LogP contribution in [0.4, 0.5) is 10.1 Å². The van der Waals surface area contributed by atoms with Crippen LogP contribution in [0.1, 0.15) is 48.1 Å². The maximum absolute atomic E-state index is 15.2. The van der Waals surface area contributed by atoms with Crippen molar-refractivity contribution < 1.29 is 23.5 Å². The molecule has 3 aliphatic rings. The molecule has 6 heteroatoms. The summed E-state index contributed by atoms with van der Waals surface area (Å²) in [7, 11) is 1.55. The molecule has 0 saturated carbocycles. The van der Waals surface area contributed by atoms with Gasteiger partial charge in [0.15, 0.2) is 17.3 Å². The number of para-hydroxylation sites is 1. The average Bonchev–Trinajstić information content (AvgIpc) is 3.43. The van der Waals surface area contributed by atoms with Gasteiger partial charge in [0.05, 0.1) is 18.7 Å². The van der Waals surface area contributed by atoms with E-state index in [0.29, 0.717) is 22.4 Å². The molecule has 1 saturated heterocycles. The van der Waals surface area contributed by atoms with E-state index in [2.05, 4.69) is 0 Å². The molecule has 5 nitrogen and oxygen atoms in total. The third kappa shape index (κ3) is 3.10. The lowest BCUT2D eigenvalue weighted by molar-refractivity contribution is 0.0666. The van der Waals surface area contributed by atoms with Crippen LogP contribution >= 0.6 is 0 Å². The summed E-state index contributed by atoms with van der Waals surface area (Å²) in [5, 5.41) is 0. The Morgan fingerprint density at radius 2 is 1.45 bits per heavy atom. The quantitative estimate of drug-likeness (QED) is 0.234. The Hall–Kier alpha value is -4.84. The molecule has 40 heavy (non-hydrogen) atoms. The van der Waals surface area contributed by atoms with E-state index in [0.717, 1.165) is 11.3 Å². The molecule has 0 radical (unpaired) electrons. The average molecular weight is 530 g/mol. The molecule has 2 heterocycles. The number of ether oxygens (including phenoxy) is 1. The van der Waals surface area contributed by atoms with Gasteiger partial charge in [0.1, 0.15) is 23.0 Å². The van der Waals surface area contributed by atoms with Crippen LogP contribution in [0.5, 0.6) is 5.75 Å². The molecule has 1 aliphatic carbocycles. The van der Waals surface area contributed by atoms with Crippen molar-refractivity contribution in [2.24, 2.45) is 5.41 Å². The summed E-state index contributed by atoms with van der Waals surface area (Å²) in [6, 6.07) is 25.6. The van der Waals surface area contributed by atoms with Gasteiger partial charge in [0.25, 0.3) is 0 Å². The summed E-state index contributed by atoms with van der Waals surface area (Å²) < 4.78 is 20.5. The van der Waals surface area contributed by atoms with Gasteiger partial charge < -0.3 is 9.64 Å². The SMILES string of the molecule is COc1ccc([C@H]2[C@H](C(=O)c3ccccc3F)N3c4ccccc4C=C[C@H]3C23C(=O)c2ccccc2C3=O)cc1. The number of benzene rings is 4. The molecule has 0 aromatic heterocycles.